The zero-order valence-corrected chi connectivity index (χ0v) is 15.7. The molecule has 3 rings (SSSR count). The van der Waals surface area contributed by atoms with Crippen molar-refractivity contribution in [2.75, 3.05) is 18.9 Å². The minimum absolute atomic E-state index is 0.166. The van der Waals surface area contributed by atoms with Crippen LogP contribution in [0.5, 0.6) is 0 Å². The maximum Gasteiger partial charge on any atom is 0.416 e. The highest BCUT2D eigenvalue weighted by molar-refractivity contribution is 6.30. The number of halogens is 4. The van der Waals surface area contributed by atoms with Gasteiger partial charge in [0.1, 0.15) is 23.2 Å². The molecule has 0 bridgehead atoms. The fraction of sp³-hybridized carbons (Fsp3) is 0.333. The third kappa shape index (κ3) is 3.80. The van der Waals surface area contributed by atoms with Crippen molar-refractivity contribution >= 4 is 29.2 Å². The largest absolute Gasteiger partial charge is 0.416 e. The minimum Gasteiger partial charge on any atom is -0.344 e. The van der Waals surface area contributed by atoms with Crippen LogP contribution in [0.3, 0.4) is 0 Å². The average Bonchev–Trinajstić information content (AvgIpc) is 2.93. The van der Waals surface area contributed by atoms with Crippen molar-refractivity contribution in [2.45, 2.75) is 19.0 Å². The molecule has 1 saturated heterocycles. The Kier molecular flexibility index (Phi) is 5.29. The second kappa shape index (κ2) is 7.38. The lowest BCUT2D eigenvalue weighted by Gasteiger charge is -2.18. The van der Waals surface area contributed by atoms with Gasteiger partial charge in [0.05, 0.1) is 5.56 Å². The summed E-state index contributed by atoms with van der Waals surface area (Å²) in [4.78, 5) is 34.5. The highest BCUT2D eigenvalue weighted by atomic mass is 35.5. The van der Waals surface area contributed by atoms with E-state index in [1.807, 2.05) is 0 Å². The van der Waals surface area contributed by atoms with Crippen molar-refractivity contribution in [1.29, 1.82) is 0 Å². The number of alkyl halides is 3. The van der Waals surface area contributed by atoms with Crippen LogP contribution in [0.1, 0.15) is 22.6 Å². The summed E-state index contributed by atoms with van der Waals surface area (Å²) < 4.78 is 38.4. The fourth-order valence-corrected chi connectivity index (χ4v) is 3.29. The molecule has 1 fully saturated rings. The van der Waals surface area contributed by atoms with E-state index in [0.717, 1.165) is 12.1 Å². The van der Waals surface area contributed by atoms with Crippen LogP contribution in [0.2, 0.25) is 5.15 Å². The summed E-state index contributed by atoms with van der Waals surface area (Å²) in [6, 6.07) is 4.49. The lowest BCUT2D eigenvalue weighted by Crippen LogP contribution is -2.33. The molecule has 10 heteroatoms. The van der Waals surface area contributed by atoms with E-state index in [0.29, 0.717) is 11.1 Å². The van der Waals surface area contributed by atoms with Gasteiger partial charge in [-0.05, 0) is 24.6 Å². The summed E-state index contributed by atoms with van der Waals surface area (Å²) >= 11 is 5.92. The first kappa shape index (κ1) is 20.1. The summed E-state index contributed by atoms with van der Waals surface area (Å²) in [6.07, 6.45) is -3.28. The Bertz CT molecular complexity index is 918. The first-order valence-electron chi connectivity index (χ1n) is 8.29. The summed E-state index contributed by atoms with van der Waals surface area (Å²) in [5.74, 6) is -2.51. The Hall–Kier alpha value is -2.68. The van der Waals surface area contributed by atoms with Crippen LogP contribution in [-0.4, -0.2) is 40.3 Å². The van der Waals surface area contributed by atoms with Crippen LogP contribution in [0.15, 0.2) is 30.6 Å². The van der Waals surface area contributed by atoms with Crippen LogP contribution in [0, 0.1) is 12.8 Å². The molecule has 0 unspecified atom stereocenters. The van der Waals surface area contributed by atoms with Gasteiger partial charge in [-0.15, -0.1) is 0 Å². The molecule has 2 aromatic rings. The van der Waals surface area contributed by atoms with E-state index >= 15 is 0 Å². The zero-order chi connectivity index (χ0) is 20.6. The van der Waals surface area contributed by atoms with E-state index in [1.165, 1.54) is 23.4 Å². The molecule has 1 aliphatic rings. The Labute approximate surface area is 163 Å². The Morgan fingerprint density at radius 2 is 1.89 bits per heavy atom. The van der Waals surface area contributed by atoms with E-state index in [4.69, 9.17) is 11.6 Å². The standard InChI is InChI=1S/C18H16ClF3N4O2/c1-9-14(19)23-8-24-15(9)25-16(27)13-12(7-26(2)17(13)28)10-3-5-11(6-4-10)18(20,21)22/h3-6,8,12-13H,7H2,1-2H3,(H,23,24,25,27)/t12-,13+/m0/s1. The Balaban J connectivity index is 1.88. The number of benzene rings is 1. The van der Waals surface area contributed by atoms with E-state index < -0.39 is 35.4 Å². The fourth-order valence-electron chi connectivity index (χ4n) is 3.16. The number of hydrogen-bond acceptors (Lipinski definition) is 4. The number of likely N-dealkylation sites (tertiary alicyclic amines) is 1. The molecule has 28 heavy (non-hydrogen) atoms. The second-order valence-corrected chi connectivity index (χ2v) is 6.91. The summed E-state index contributed by atoms with van der Waals surface area (Å²) in [7, 11) is 1.54. The highest BCUT2D eigenvalue weighted by Crippen LogP contribution is 2.36. The van der Waals surface area contributed by atoms with E-state index in [9.17, 15) is 22.8 Å². The Morgan fingerprint density at radius 3 is 2.50 bits per heavy atom. The number of likely N-dealkylation sites (N-methyl/N-ethyl adjacent to an activating group) is 1. The predicted octanol–water partition coefficient (Wildman–Crippen LogP) is 3.27. The first-order valence-corrected chi connectivity index (χ1v) is 8.67. The number of carbonyl (C=O) groups is 2. The van der Waals surface area contributed by atoms with Crippen molar-refractivity contribution in [3.8, 4) is 0 Å². The van der Waals surface area contributed by atoms with Gasteiger partial charge in [0.2, 0.25) is 11.8 Å². The maximum absolute atomic E-state index is 12.8. The number of anilines is 1. The quantitative estimate of drug-likeness (QED) is 0.620. The maximum atomic E-state index is 12.8. The van der Waals surface area contributed by atoms with Crippen LogP contribution in [0.25, 0.3) is 0 Å². The zero-order valence-electron chi connectivity index (χ0n) is 14.9. The van der Waals surface area contributed by atoms with Gasteiger partial charge in [-0.3, -0.25) is 9.59 Å². The van der Waals surface area contributed by atoms with Gasteiger partial charge in [0.15, 0.2) is 0 Å². The molecule has 6 nitrogen and oxygen atoms in total. The monoisotopic (exact) mass is 412 g/mol. The number of aromatic nitrogens is 2. The molecule has 2 atom stereocenters. The topological polar surface area (TPSA) is 75.2 Å². The van der Waals surface area contributed by atoms with Crippen molar-refractivity contribution in [1.82, 2.24) is 14.9 Å². The molecule has 0 radical (unpaired) electrons. The molecule has 148 valence electrons. The molecule has 0 saturated carbocycles. The molecule has 1 aliphatic heterocycles. The highest BCUT2D eigenvalue weighted by Gasteiger charge is 2.44. The van der Waals surface area contributed by atoms with E-state index in [1.54, 1.807) is 14.0 Å². The van der Waals surface area contributed by atoms with E-state index in [2.05, 4.69) is 15.3 Å². The number of amides is 2. The van der Waals surface area contributed by atoms with Gasteiger partial charge < -0.3 is 10.2 Å². The summed E-state index contributed by atoms with van der Waals surface area (Å²) in [6.45, 7) is 1.83. The molecule has 1 aromatic heterocycles. The lowest BCUT2D eigenvalue weighted by atomic mass is 9.87. The number of rotatable bonds is 3. The molecular weight excluding hydrogens is 397 g/mol. The van der Waals surface area contributed by atoms with Crippen molar-refractivity contribution in [3.63, 3.8) is 0 Å². The Morgan fingerprint density at radius 1 is 1.25 bits per heavy atom. The third-order valence-corrected chi connectivity index (χ3v) is 5.11. The molecule has 0 spiro atoms. The summed E-state index contributed by atoms with van der Waals surface area (Å²) in [5.41, 5.74) is 0.131. The first-order chi connectivity index (χ1) is 13.1. The van der Waals surface area contributed by atoms with Crippen molar-refractivity contribution < 1.29 is 22.8 Å². The SMILES string of the molecule is Cc1c(Cl)ncnc1NC(=O)[C@@H]1C(=O)N(C)C[C@H]1c1ccc(C(F)(F)F)cc1. The van der Waals surface area contributed by atoms with E-state index in [-0.39, 0.29) is 17.5 Å². The van der Waals surface area contributed by atoms with Crippen LogP contribution < -0.4 is 5.32 Å². The molecule has 0 aliphatic carbocycles. The molecule has 1 N–H and O–H groups in total. The number of nitrogens with zero attached hydrogens (tertiary/aromatic N) is 3. The lowest BCUT2D eigenvalue weighted by molar-refractivity contribution is -0.138. The normalized spacial score (nSPS) is 19.8. The second-order valence-electron chi connectivity index (χ2n) is 6.55. The molecular formula is C18H16ClF3N4O2. The number of carbonyl (C=O) groups excluding carboxylic acids is 2. The molecule has 1 aromatic carbocycles. The van der Waals surface area contributed by atoms with Crippen LogP contribution >= 0.6 is 11.6 Å². The molecule has 2 amide bonds. The average molecular weight is 413 g/mol. The van der Waals surface area contributed by atoms with Crippen molar-refractivity contribution in [2.24, 2.45) is 5.92 Å². The van der Waals surface area contributed by atoms with Gasteiger partial charge in [-0.2, -0.15) is 13.2 Å². The van der Waals surface area contributed by atoms with Crippen molar-refractivity contribution in [3.05, 3.63) is 52.4 Å². The number of nitrogens with one attached hydrogen (secondary N) is 1. The minimum atomic E-state index is -4.46. The molecule has 2 heterocycles. The van der Waals surface area contributed by atoms with Gasteiger partial charge in [0.25, 0.3) is 0 Å². The number of hydrogen-bond donors (Lipinski definition) is 1. The predicted molar refractivity (Wildman–Crippen MR) is 95.7 cm³/mol. The van der Waals surface area contributed by atoms with Gasteiger partial charge in [0, 0.05) is 25.1 Å². The smallest absolute Gasteiger partial charge is 0.344 e. The summed E-state index contributed by atoms with van der Waals surface area (Å²) in [5, 5.41) is 2.74. The van der Waals surface area contributed by atoms with Gasteiger partial charge in [-0.25, -0.2) is 9.97 Å². The van der Waals surface area contributed by atoms with Crippen LogP contribution in [0.4, 0.5) is 19.0 Å². The van der Waals surface area contributed by atoms with Gasteiger partial charge in [-0.1, -0.05) is 23.7 Å². The van der Waals surface area contributed by atoms with Crippen LogP contribution in [-0.2, 0) is 15.8 Å². The third-order valence-electron chi connectivity index (χ3n) is 4.73. The van der Waals surface area contributed by atoms with Gasteiger partial charge >= 0.3 is 6.18 Å².